The van der Waals surface area contributed by atoms with Crippen molar-refractivity contribution in [2.24, 2.45) is 0 Å². The second-order valence-electron chi connectivity index (χ2n) is 5.31. The van der Waals surface area contributed by atoms with Gasteiger partial charge in [-0.25, -0.2) is 4.98 Å². The Hall–Kier alpha value is -2.45. The number of benzene rings is 1. The fourth-order valence-electron chi connectivity index (χ4n) is 2.19. The molecule has 1 heterocycles. The summed E-state index contributed by atoms with van der Waals surface area (Å²) in [7, 11) is 0. The molecule has 0 saturated heterocycles. The molecule has 0 spiro atoms. The Morgan fingerprint density at radius 1 is 1.31 bits per heavy atom. The molecule has 26 heavy (non-hydrogen) atoms. The zero-order valence-corrected chi connectivity index (χ0v) is 16.0. The Balaban J connectivity index is 2.04. The first-order valence-corrected chi connectivity index (χ1v) is 9.13. The van der Waals surface area contributed by atoms with Crippen molar-refractivity contribution in [2.45, 2.75) is 18.0 Å². The molecule has 0 radical (unpaired) electrons. The largest absolute Gasteiger partial charge is 0.349 e. The smallest absolute Gasteiger partial charge is 0.289 e. The van der Waals surface area contributed by atoms with Gasteiger partial charge in [-0.1, -0.05) is 41.0 Å². The molecule has 0 bridgehead atoms. The van der Waals surface area contributed by atoms with Crippen molar-refractivity contribution in [3.8, 4) is 12.1 Å². The summed E-state index contributed by atoms with van der Waals surface area (Å²) in [6.45, 7) is 1.81. The maximum Gasteiger partial charge on any atom is 0.289 e. The number of carbonyl (C=O) groups is 1. The van der Waals surface area contributed by atoms with Crippen molar-refractivity contribution in [3.63, 3.8) is 0 Å². The maximum absolute atomic E-state index is 12.2. The van der Waals surface area contributed by atoms with Crippen LogP contribution in [0, 0.1) is 22.7 Å². The molecule has 1 atom stereocenters. The number of nitriles is 2. The Kier molecular flexibility index (Phi) is 6.70. The number of nitrogens with zero attached hydrogens (tertiary/aromatic N) is 2. The molecule has 9 heteroatoms. The number of rotatable bonds is 5. The van der Waals surface area contributed by atoms with Crippen LogP contribution in [-0.4, -0.2) is 11.7 Å². The molecule has 1 amide bonds. The molecule has 6 nitrogen and oxygen atoms in total. The summed E-state index contributed by atoms with van der Waals surface area (Å²) < 4.78 is 0. The van der Waals surface area contributed by atoms with E-state index in [4.69, 9.17) is 34.2 Å². The summed E-state index contributed by atoms with van der Waals surface area (Å²) in [6.07, 6.45) is 0. The summed E-state index contributed by atoms with van der Waals surface area (Å²) in [5.41, 5.74) is 6.91. The first-order valence-electron chi connectivity index (χ1n) is 7.38. The highest BCUT2D eigenvalue weighted by Crippen LogP contribution is 2.26. The van der Waals surface area contributed by atoms with Crippen molar-refractivity contribution in [3.05, 3.63) is 51.0 Å². The molecule has 2 rings (SSSR count). The third-order valence-corrected chi connectivity index (χ3v) is 5.05. The number of carbonyl (C=O) groups excluding carboxylic acids is 1. The van der Waals surface area contributed by atoms with Crippen LogP contribution in [0.1, 0.15) is 29.7 Å². The molecule has 2 aromatic rings. The second kappa shape index (κ2) is 8.77. The Labute approximate surface area is 164 Å². The minimum Gasteiger partial charge on any atom is -0.349 e. The number of hydrogen-bond donors (Lipinski definition) is 2. The fourth-order valence-corrected chi connectivity index (χ4v) is 3.56. The van der Waals surface area contributed by atoms with E-state index in [0.29, 0.717) is 15.1 Å². The van der Waals surface area contributed by atoms with Gasteiger partial charge in [0.05, 0.1) is 11.8 Å². The van der Waals surface area contributed by atoms with Crippen LogP contribution in [0.5, 0.6) is 0 Å². The lowest BCUT2D eigenvalue weighted by Crippen LogP contribution is -2.29. The SMILES string of the molecule is C[C@@H](NC(=O)CSc1[nH+]c(N)c(C#N)cc1C#N)c1ccc(Cl)cc1Cl. The van der Waals surface area contributed by atoms with Crippen LogP contribution in [0.15, 0.2) is 29.3 Å². The third kappa shape index (κ3) is 4.80. The lowest BCUT2D eigenvalue weighted by molar-refractivity contribution is -0.410. The van der Waals surface area contributed by atoms with E-state index < -0.39 is 0 Å². The lowest BCUT2D eigenvalue weighted by atomic mass is 10.1. The number of pyridine rings is 1. The van der Waals surface area contributed by atoms with Crippen LogP contribution in [0.25, 0.3) is 0 Å². The van der Waals surface area contributed by atoms with Gasteiger partial charge in [0.15, 0.2) is 5.03 Å². The van der Waals surface area contributed by atoms with Crippen molar-refractivity contribution < 1.29 is 9.78 Å². The summed E-state index contributed by atoms with van der Waals surface area (Å²) in [6, 6.07) is 10.0. The van der Waals surface area contributed by atoms with E-state index in [9.17, 15) is 10.1 Å². The molecule has 4 N–H and O–H groups in total. The van der Waals surface area contributed by atoms with Gasteiger partial charge in [-0.3, -0.25) is 10.5 Å². The van der Waals surface area contributed by atoms with E-state index in [1.165, 1.54) is 6.07 Å². The number of anilines is 1. The van der Waals surface area contributed by atoms with E-state index in [1.54, 1.807) is 18.2 Å². The van der Waals surface area contributed by atoms with Crippen molar-refractivity contribution in [1.29, 1.82) is 10.5 Å². The summed E-state index contributed by atoms with van der Waals surface area (Å²) in [5.74, 6) is -0.0315. The number of aromatic nitrogens is 1. The van der Waals surface area contributed by atoms with Gasteiger partial charge in [-0.05, 0) is 30.7 Å². The van der Waals surface area contributed by atoms with E-state index in [0.717, 1.165) is 17.3 Å². The monoisotopic (exact) mass is 406 g/mol. The van der Waals surface area contributed by atoms with Gasteiger partial charge in [0.25, 0.3) is 5.82 Å². The van der Waals surface area contributed by atoms with Crippen LogP contribution in [0.3, 0.4) is 0 Å². The maximum atomic E-state index is 12.2. The molecule has 0 aliphatic rings. The van der Waals surface area contributed by atoms with Crippen LogP contribution in [0.4, 0.5) is 5.82 Å². The van der Waals surface area contributed by atoms with Crippen molar-refractivity contribution in [2.75, 3.05) is 11.5 Å². The Morgan fingerprint density at radius 3 is 2.62 bits per heavy atom. The van der Waals surface area contributed by atoms with Gasteiger partial charge in [-0.2, -0.15) is 10.5 Å². The highest BCUT2D eigenvalue weighted by Gasteiger charge is 2.17. The number of halogens is 2. The van der Waals surface area contributed by atoms with Gasteiger partial charge < -0.3 is 5.32 Å². The van der Waals surface area contributed by atoms with Gasteiger partial charge >= 0.3 is 0 Å². The summed E-state index contributed by atoms with van der Waals surface area (Å²) in [5, 5.41) is 22.4. The van der Waals surface area contributed by atoms with Crippen molar-refractivity contribution in [1.82, 2.24) is 5.32 Å². The molecule has 0 fully saturated rings. The lowest BCUT2D eigenvalue weighted by Gasteiger charge is -2.15. The number of amides is 1. The number of H-pyrrole nitrogens is 1. The predicted molar refractivity (Wildman–Crippen MR) is 101 cm³/mol. The minimum atomic E-state index is -0.307. The minimum absolute atomic E-state index is 0.0616. The molecule has 0 saturated carbocycles. The van der Waals surface area contributed by atoms with E-state index in [-0.39, 0.29) is 34.6 Å². The second-order valence-corrected chi connectivity index (χ2v) is 7.14. The van der Waals surface area contributed by atoms with Crippen LogP contribution < -0.4 is 16.0 Å². The molecular weight excluding hydrogens is 393 g/mol. The molecule has 132 valence electrons. The zero-order chi connectivity index (χ0) is 19.3. The predicted octanol–water partition coefficient (Wildman–Crippen LogP) is 3.10. The first-order chi connectivity index (χ1) is 12.3. The number of nitrogens with one attached hydrogen (secondary N) is 2. The fraction of sp³-hybridized carbons (Fsp3) is 0.176. The van der Waals surface area contributed by atoms with E-state index in [2.05, 4.69) is 10.3 Å². The standard InChI is InChI=1S/C17H13Cl2N5OS/c1-9(13-3-2-12(18)5-14(13)19)23-15(25)8-26-17-11(7-21)4-10(6-20)16(22)24-17/h2-5,9H,8H2,1H3,(H2,22,24)(H,23,25)/p+1/t9-/m1/s1. The quantitative estimate of drug-likeness (QED) is 0.739. The molecular formula is C17H14Cl2N5OS+. The average Bonchev–Trinajstić information content (AvgIpc) is 2.59. The summed E-state index contributed by atoms with van der Waals surface area (Å²) in [4.78, 5) is 15.0. The van der Waals surface area contributed by atoms with Gasteiger partial charge in [0.2, 0.25) is 5.91 Å². The molecule has 0 unspecified atom stereocenters. The molecule has 1 aromatic carbocycles. The Bertz CT molecular complexity index is 936. The highest BCUT2D eigenvalue weighted by atomic mass is 35.5. The van der Waals surface area contributed by atoms with E-state index >= 15 is 0 Å². The van der Waals surface area contributed by atoms with Crippen LogP contribution in [0.2, 0.25) is 10.0 Å². The topological polar surface area (TPSA) is 117 Å². The normalized spacial score (nSPS) is 11.3. The molecule has 0 aliphatic carbocycles. The average molecular weight is 407 g/mol. The number of thioether (sulfide) groups is 1. The number of nitrogen functional groups attached to an aromatic ring is 1. The first kappa shape index (κ1) is 19.9. The van der Waals surface area contributed by atoms with Gasteiger partial charge in [-0.15, -0.1) is 0 Å². The van der Waals surface area contributed by atoms with Gasteiger partial charge in [0.1, 0.15) is 23.3 Å². The van der Waals surface area contributed by atoms with Crippen LogP contribution in [-0.2, 0) is 4.79 Å². The third-order valence-electron chi connectivity index (χ3n) is 3.47. The molecule has 0 aliphatic heterocycles. The Morgan fingerprint density at radius 2 is 2.00 bits per heavy atom. The summed E-state index contributed by atoms with van der Waals surface area (Å²) >= 11 is 13.1. The van der Waals surface area contributed by atoms with Gasteiger partial charge in [0, 0.05) is 10.0 Å². The number of hydrogen-bond acceptors (Lipinski definition) is 5. The number of nitrogens with two attached hydrogens (primary N) is 1. The van der Waals surface area contributed by atoms with Crippen LogP contribution >= 0.6 is 35.0 Å². The number of aromatic amines is 1. The van der Waals surface area contributed by atoms with Crippen molar-refractivity contribution >= 4 is 46.7 Å². The van der Waals surface area contributed by atoms with E-state index in [1.807, 2.05) is 19.1 Å². The molecule has 1 aromatic heterocycles. The highest BCUT2D eigenvalue weighted by molar-refractivity contribution is 7.99. The zero-order valence-electron chi connectivity index (χ0n) is 13.6.